The highest BCUT2D eigenvalue weighted by Gasteiger charge is 2.41. The van der Waals surface area contributed by atoms with Crippen molar-refractivity contribution in [1.29, 1.82) is 0 Å². The van der Waals surface area contributed by atoms with Gasteiger partial charge < -0.3 is 10.6 Å². The minimum atomic E-state index is 0.471. The van der Waals surface area contributed by atoms with Crippen LogP contribution in [0.1, 0.15) is 32.1 Å². The summed E-state index contributed by atoms with van der Waals surface area (Å²) in [7, 11) is 0. The van der Waals surface area contributed by atoms with Crippen molar-refractivity contribution in [3.05, 3.63) is 0 Å². The first-order valence-electron chi connectivity index (χ1n) is 6.31. The van der Waals surface area contributed by atoms with Crippen molar-refractivity contribution in [3.63, 3.8) is 0 Å². The first kappa shape index (κ1) is 9.17. The fraction of sp³-hybridized carbons (Fsp3) is 1.00. The van der Waals surface area contributed by atoms with Gasteiger partial charge in [0.2, 0.25) is 0 Å². The molecule has 3 unspecified atom stereocenters. The number of piperidine rings is 1. The fourth-order valence-electron chi connectivity index (χ4n) is 3.14. The maximum atomic E-state index is 6.23. The van der Waals surface area contributed by atoms with Gasteiger partial charge >= 0.3 is 0 Å². The van der Waals surface area contributed by atoms with E-state index in [0.717, 1.165) is 17.8 Å². The smallest absolute Gasteiger partial charge is 0.0196 e. The molecule has 0 aromatic rings. The van der Waals surface area contributed by atoms with Gasteiger partial charge in [-0.25, -0.2) is 0 Å². The van der Waals surface area contributed by atoms with Gasteiger partial charge in [-0.2, -0.15) is 0 Å². The van der Waals surface area contributed by atoms with Gasteiger partial charge in [0.05, 0.1) is 0 Å². The third-order valence-corrected chi connectivity index (χ3v) is 4.60. The summed E-state index contributed by atoms with van der Waals surface area (Å²) in [6, 6.07) is 0.471. The Hall–Kier alpha value is -0.0800. The van der Waals surface area contributed by atoms with E-state index in [9.17, 15) is 0 Å². The van der Waals surface area contributed by atoms with Gasteiger partial charge in [0.15, 0.2) is 0 Å². The number of fused-ring (bicyclic) bond motifs is 1. The molecule has 80 valence electrons. The van der Waals surface area contributed by atoms with Crippen molar-refractivity contribution in [2.45, 2.75) is 38.1 Å². The summed E-state index contributed by atoms with van der Waals surface area (Å²) in [5.41, 5.74) is 6.23. The van der Waals surface area contributed by atoms with Crippen molar-refractivity contribution in [2.75, 3.05) is 19.6 Å². The van der Waals surface area contributed by atoms with E-state index in [1.165, 1.54) is 51.7 Å². The topological polar surface area (TPSA) is 29.3 Å². The normalized spacial score (nSPS) is 40.1. The van der Waals surface area contributed by atoms with E-state index in [-0.39, 0.29) is 0 Å². The highest BCUT2D eigenvalue weighted by molar-refractivity contribution is 4.94. The number of hydrogen-bond acceptors (Lipinski definition) is 2. The second-order valence-corrected chi connectivity index (χ2v) is 5.66. The summed E-state index contributed by atoms with van der Waals surface area (Å²) in [5.74, 6) is 3.01. The summed E-state index contributed by atoms with van der Waals surface area (Å²) in [6.45, 7) is 3.85. The Kier molecular flexibility index (Phi) is 2.29. The lowest BCUT2D eigenvalue weighted by Crippen LogP contribution is -2.46. The second-order valence-electron chi connectivity index (χ2n) is 5.66. The molecule has 2 saturated carbocycles. The van der Waals surface area contributed by atoms with Crippen LogP contribution < -0.4 is 5.73 Å². The molecule has 1 aliphatic heterocycles. The molecular formula is C12H22N2. The summed E-state index contributed by atoms with van der Waals surface area (Å²) in [6.07, 6.45) is 7.16. The van der Waals surface area contributed by atoms with Crippen LogP contribution in [0.15, 0.2) is 0 Å². The Morgan fingerprint density at radius 1 is 1.21 bits per heavy atom. The lowest BCUT2D eigenvalue weighted by atomic mass is 9.80. The largest absolute Gasteiger partial charge is 0.326 e. The summed E-state index contributed by atoms with van der Waals surface area (Å²) in [4.78, 5) is 2.62. The molecule has 1 saturated heterocycles. The molecule has 2 aliphatic carbocycles. The van der Waals surface area contributed by atoms with Crippen LogP contribution in [0.3, 0.4) is 0 Å². The van der Waals surface area contributed by atoms with Crippen molar-refractivity contribution < 1.29 is 0 Å². The SMILES string of the molecule is NC(CN1CCC2CC2C1)C1CCC1. The molecule has 14 heavy (non-hydrogen) atoms. The van der Waals surface area contributed by atoms with Crippen LogP contribution in [0.2, 0.25) is 0 Å². The Labute approximate surface area is 86.8 Å². The monoisotopic (exact) mass is 194 g/mol. The van der Waals surface area contributed by atoms with Crippen LogP contribution >= 0.6 is 0 Å². The molecule has 3 rings (SSSR count). The molecule has 3 aliphatic rings. The molecule has 0 aromatic carbocycles. The number of rotatable bonds is 3. The Bertz CT molecular complexity index is 212. The third-order valence-electron chi connectivity index (χ3n) is 4.60. The average molecular weight is 194 g/mol. The minimum absolute atomic E-state index is 0.471. The van der Waals surface area contributed by atoms with E-state index in [4.69, 9.17) is 5.73 Å². The first-order valence-corrected chi connectivity index (χ1v) is 6.31. The van der Waals surface area contributed by atoms with Gasteiger partial charge in [0.25, 0.3) is 0 Å². The Balaban J connectivity index is 1.46. The van der Waals surface area contributed by atoms with E-state index in [1.54, 1.807) is 0 Å². The van der Waals surface area contributed by atoms with E-state index in [0.29, 0.717) is 6.04 Å². The number of likely N-dealkylation sites (tertiary alicyclic amines) is 1. The average Bonchev–Trinajstić information content (AvgIpc) is 2.78. The molecule has 3 atom stereocenters. The predicted octanol–water partition coefficient (Wildman–Crippen LogP) is 1.46. The van der Waals surface area contributed by atoms with Crippen LogP contribution in [0, 0.1) is 17.8 Å². The number of nitrogens with zero attached hydrogens (tertiary/aromatic N) is 1. The molecule has 0 aromatic heterocycles. The Morgan fingerprint density at radius 3 is 2.71 bits per heavy atom. The summed E-state index contributed by atoms with van der Waals surface area (Å²) < 4.78 is 0. The second kappa shape index (κ2) is 3.49. The number of nitrogens with two attached hydrogens (primary N) is 1. The van der Waals surface area contributed by atoms with E-state index in [2.05, 4.69) is 4.90 Å². The van der Waals surface area contributed by atoms with Crippen molar-refractivity contribution >= 4 is 0 Å². The zero-order chi connectivity index (χ0) is 9.54. The quantitative estimate of drug-likeness (QED) is 0.737. The maximum Gasteiger partial charge on any atom is 0.0196 e. The number of hydrogen-bond donors (Lipinski definition) is 1. The summed E-state index contributed by atoms with van der Waals surface area (Å²) in [5, 5.41) is 0. The van der Waals surface area contributed by atoms with Crippen molar-refractivity contribution in [1.82, 2.24) is 4.90 Å². The van der Waals surface area contributed by atoms with E-state index >= 15 is 0 Å². The zero-order valence-corrected chi connectivity index (χ0v) is 8.99. The van der Waals surface area contributed by atoms with Gasteiger partial charge in [0.1, 0.15) is 0 Å². The molecule has 2 nitrogen and oxygen atoms in total. The molecule has 0 spiro atoms. The molecular weight excluding hydrogens is 172 g/mol. The fourth-order valence-corrected chi connectivity index (χ4v) is 3.14. The molecule has 0 amide bonds. The highest BCUT2D eigenvalue weighted by Crippen LogP contribution is 2.44. The molecule has 2 heteroatoms. The van der Waals surface area contributed by atoms with Crippen LogP contribution in [0.5, 0.6) is 0 Å². The van der Waals surface area contributed by atoms with Crippen LogP contribution in [0.25, 0.3) is 0 Å². The molecule has 0 radical (unpaired) electrons. The summed E-state index contributed by atoms with van der Waals surface area (Å²) >= 11 is 0. The first-order chi connectivity index (χ1) is 6.83. The van der Waals surface area contributed by atoms with Crippen molar-refractivity contribution in [3.8, 4) is 0 Å². The lowest BCUT2D eigenvalue weighted by Gasteiger charge is -2.36. The highest BCUT2D eigenvalue weighted by atomic mass is 15.2. The van der Waals surface area contributed by atoms with Gasteiger partial charge in [-0.3, -0.25) is 0 Å². The standard InChI is InChI=1S/C12H22N2/c13-12(9-2-1-3-9)8-14-5-4-10-6-11(10)7-14/h9-12H,1-8,13H2. The van der Waals surface area contributed by atoms with E-state index in [1.807, 2.05) is 0 Å². The molecule has 0 bridgehead atoms. The molecule has 1 heterocycles. The van der Waals surface area contributed by atoms with Gasteiger partial charge in [-0.1, -0.05) is 6.42 Å². The minimum Gasteiger partial charge on any atom is -0.326 e. The molecule has 2 N–H and O–H groups in total. The van der Waals surface area contributed by atoms with Crippen molar-refractivity contribution in [2.24, 2.45) is 23.5 Å². The predicted molar refractivity (Wildman–Crippen MR) is 58.0 cm³/mol. The van der Waals surface area contributed by atoms with E-state index < -0.39 is 0 Å². The van der Waals surface area contributed by atoms with Gasteiger partial charge in [-0.15, -0.1) is 0 Å². The van der Waals surface area contributed by atoms with Gasteiger partial charge in [0, 0.05) is 19.1 Å². The third kappa shape index (κ3) is 1.70. The van der Waals surface area contributed by atoms with Crippen LogP contribution in [-0.2, 0) is 0 Å². The van der Waals surface area contributed by atoms with Crippen LogP contribution in [0.4, 0.5) is 0 Å². The van der Waals surface area contributed by atoms with Crippen LogP contribution in [-0.4, -0.2) is 30.6 Å². The lowest BCUT2D eigenvalue weighted by molar-refractivity contribution is 0.161. The molecule has 3 fully saturated rings. The maximum absolute atomic E-state index is 6.23. The zero-order valence-electron chi connectivity index (χ0n) is 8.99. The Morgan fingerprint density at radius 2 is 2.07 bits per heavy atom. The van der Waals surface area contributed by atoms with Gasteiger partial charge in [-0.05, 0) is 50.0 Å².